The predicted molar refractivity (Wildman–Crippen MR) is 127 cm³/mol. The molecule has 2 amide bonds. The quantitative estimate of drug-likeness (QED) is 0.259. The van der Waals surface area contributed by atoms with Gasteiger partial charge in [-0.15, -0.1) is 24.0 Å². The van der Waals surface area contributed by atoms with Gasteiger partial charge in [0.15, 0.2) is 5.96 Å². The van der Waals surface area contributed by atoms with Gasteiger partial charge in [-0.25, -0.2) is 0 Å². The van der Waals surface area contributed by atoms with Crippen molar-refractivity contribution >= 4 is 41.8 Å². The number of piperazine rings is 1. The summed E-state index contributed by atoms with van der Waals surface area (Å²) in [6.07, 6.45) is 1.59. The normalized spacial score (nSPS) is 17.0. The van der Waals surface area contributed by atoms with Gasteiger partial charge in [0.25, 0.3) is 11.8 Å². The Morgan fingerprint density at radius 3 is 2.35 bits per heavy atom. The third-order valence-corrected chi connectivity index (χ3v) is 5.35. The zero-order chi connectivity index (χ0) is 20.9. The largest absolute Gasteiger partial charge is 0.364 e. The van der Waals surface area contributed by atoms with Crippen molar-refractivity contribution < 1.29 is 14.1 Å². The van der Waals surface area contributed by atoms with Gasteiger partial charge in [-0.1, -0.05) is 17.3 Å². The fourth-order valence-corrected chi connectivity index (χ4v) is 3.79. The number of rotatable bonds is 6. The van der Waals surface area contributed by atoms with Crippen LogP contribution in [0, 0.1) is 0 Å². The number of carbonyl (C=O) groups excluding carboxylic acids is 2. The summed E-state index contributed by atoms with van der Waals surface area (Å²) in [6.45, 7) is 7.68. The van der Waals surface area contributed by atoms with Gasteiger partial charge >= 0.3 is 0 Å². The van der Waals surface area contributed by atoms with Crippen molar-refractivity contribution in [3.63, 3.8) is 0 Å². The highest BCUT2D eigenvalue weighted by atomic mass is 127. The van der Waals surface area contributed by atoms with Gasteiger partial charge in [0, 0.05) is 51.9 Å². The Kier molecular flexibility index (Phi) is 8.02. The molecular formula is C21H27IN6O3. The van der Waals surface area contributed by atoms with E-state index in [-0.39, 0.29) is 42.3 Å². The van der Waals surface area contributed by atoms with Crippen LogP contribution in [0.25, 0.3) is 0 Å². The first-order valence-electron chi connectivity index (χ1n) is 10.3. The second-order valence-electron chi connectivity index (χ2n) is 7.30. The van der Waals surface area contributed by atoms with E-state index in [0.29, 0.717) is 17.7 Å². The van der Waals surface area contributed by atoms with Gasteiger partial charge in [0.05, 0.1) is 23.4 Å². The van der Waals surface area contributed by atoms with Crippen LogP contribution in [0.2, 0.25) is 0 Å². The van der Waals surface area contributed by atoms with Crippen LogP contribution in [0.1, 0.15) is 33.3 Å². The molecule has 1 aromatic heterocycles. The fraction of sp³-hybridized carbons (Fsp3) is 0.429. The molecule has 2 aliphatic rings. The summed E-state index contributed by atoms with van der Waals surface area (Å²) in [5.74, 6) is 0.338. The number of nitrogens with zero attached hydrogens (tertiary/aromatic N) is 5. The number of fused-ring (bicyclic) bond motifs is 1. The summed E-state index contributed by atoms with van der Waals surface area (Å²) in [5, 5.41) is 7.29. The maximum Gasteiger partial charge on any atom is 0.261 e. The molecule has 2 aliphatic heterocycles. The third kappa shape index (κ3) is 5.24. The molecule has 9 nitrogen and oxygen atoms in total. The summed E-state index contributed by atoms with van der Waals surface area (Å²) in [7, 11) is 0. The number of aliphatic imine (C=N–C) groups is 1. The van der Waals surface area contributed by atoms with Crippen molar-refractivity contribution in [2.75, 3.05) is 45.8 Å². The molecule has 1 N–H and O–H groups in total. The number of hydrogen-bond acceptors (Lipinski definition) is 6. The van der Waals surface area contributed by atoms with Crippen molar-refractivity contribution in [2.45, 2.75) is 13.5 Å². The third-order valence-electron chi connectivity index (χ3n) is 5.35. The molecule has 3 heterocycles. The zero-order valence-corrected chi connectivity index (χ0v) is 19.8. The molecule has 1 aromatic carbocycles. The maximum atomic E-state index is 12.5. The fourth-order valence-electron chi connectivity index (χ4n) is 3.79. The molecule has 0 saturated carbocycles. The minimum absolute atomic E-state index is 0. The van der Waals surface area contributed by atoms with Gasteiger partial charge in [-0.3, -0.25) is 24.4 Å². The van der Waals surface area contributed by atoms with Crippen LogP contribution in [0.15, 0.2) is 46.1 Å². The van der Waals surface area contributed by atoms with Gasteiger partial charge in [-0.2, -0.15) is 0 Å². The summed E-state index contributed by atoms with van der Waals surface area (Å²) < 4.78 is 4.90. The number of benzene rings is 1. The number of amides is 2. The van der Waals surface area contributed by atoms with Crippen LogP contribution < -0.4 is 5.32 Å². The Labute approximate surface area is 198 Å². The van der Waals surface area contributed by atoms with E-state index in [1.54, 1.807) is 30.5 Å². The number of aromatic nitrogens is 1. The standard InChI is InChI=1S/C21H26N6O3.HI/c1-2-22-21(26-12-10-25(11-13-26)15-16-7-14-30-24-16)23-8-9-27-19(28)17-5-3-4-6-18(17)20(27)29;/h3-7,14H,2,8-13,15H2,1H3,(H,22,23);1H. The highest BCUT2D eigenvalue weighted by molar-refractivity contribution is 14.0. The molecule has 0 aliphatic carbocycles. The van der Waals surface area contributed by atoms with E-state index in [4.69, 9.17) is 4.52 Å². The van der Waals surface area contributed by atoms with E-state index < -0.39 is 0 Å². The first-order chi connectivity index (χ1) is 14.7. The smallest absolute Gasteiger partial charge is 0.261 e. The Bertz CT molecular complexity index is 890. The van der Waals surface area contributed by atoms with Crippen LogP contribution in [-0.4, -0.2) is 83.4 Å². The predicted octanol–water partition coefficient (Wildman–Crippen LogP) is 1.67. The van der Waals surface area contributed by atoms with E-state index in [9.17, 15) is 9.59 Å². The molecule has 1 saturated heterocycles. The average molecular weight is 538 g/mol. The Hall–Kier alpha value is -2.47. The minimum Gasteiger partial charge on any atom is -0.364 e. The number of imide groups is 1. The van der Waals surface area contributed by atoms with Gasteiger partial charge in [-0.05, 0) is 19.1 Å². The van der Waals surface area contributed by atoms with Gasteiger partial charge in [0.2, 0.25) is 0 Å². The van der Waals surface area contributed by atoms with Crippen LogP contribution in [0.5, 0.6) is 0 Å². The van der Waals surface area contributed by atoms with E-state index in [2.05, 4.69) is 25.3 Å². The number of hydrogen-bond donors (Lipinski definition) is 1. The lowest BCUT2D eigenvalue weighted by Crippen LogP contribution is -2.52. The lowest BCUT2D eigenvalue weighted by molar-refractivity contribution is 0.0659. The summed E-state index contributed by atoms with van der Waals surface area (Å²) in [6, 6.07) is 8.83. The van der Waals surface area contributed by atoms with Crippen molar-refractivity contribution in [1.29, 1.82) is 0 Å². The number of guanidine groups is 1. The van der Waals surface area contributed by atoms with E-state index in [1.807, 2.05) is 13.0 Å². The molecule has 31 heavy (non-hydrogen) atoms. The first kappa shape index (κ1) is 23.2. The van der Waals surface area contributed by atoms with E-state index in [1.165, 1.54) is 4.90 Å². The van der Waals surface area contributed by atoms with Crippen LogP contribution in [0.3, 0.4) is 0 Å². The lowest BCUT2D eigenvalue weighted by Gasteiger charge is -2.36. The number of carbonyl (C=O) groups is 2. The summed E-state index contributed by atoms with van der Waals surface area (Å²) in [4.78, 5) is 35.5. The van der Waals surface area contributed by atoms with Crippen molar-refractivity contribution in [1.82, 2.24) is 25.2 Å². The number of halogens is 1. The SMILES string of the molecule is CCNC(=NCCN1C(=O)c2ccccc2C1=O)N1CCN(Cc2ccon2)CC1.I. The Morgan fingerprint density at radius 2 is 1.77 bits per heavy atom. The van der Waals surface area contributed by atoms with Crippen LogP contribution in [0.4, 0.5) is 0 Å². The first-order valence-corrected chi connectivity index (χ1v) is 10.3. The zero-order valence-electron chi connectivity index (χ0n) is 17.5. The van der Waals surface area contributed by atoms with E-state index in [0.717, 1.165) is 50.9 Å². The molecule has 4 rings (SSSR count). The summed E-state index contributed by atoms with van der Waals surface area (Å²) in [5.41, 5.74) is 1.88. The molecule has 10 heteroatoms. The molecule has 0 bridgehead atoms. The van der Waals surface area contributed by atoms with Crippen molar-refractivity contribution in [3.05, 3.63) is 53.4 Å². The topological polar surface area (TPSA) is 94.3 Å². The molecule has 2 aromatic rings. The molecule has 1 fully saturated rings. The van der Waals surface area contributed by atoms with Crippen molar-refractivity contribution in [3.8, 4) is 0 Å². The van der Waals surface area contributed by atoms with Crippen LogP contribution >= 0.6 is 24.0 Å². The highest BCUT2D eigenvalue weighted by Gasteiger charge is 2.34. The molecule has 0 radical (unpaired) electrons. The molecular weight excluding hydrogens is 511 g/mol. The average Bonchev–Trinajstić information content (AvgIpc) is 3.36. The van der Waals surface area contributed by atoms with E-state index >= 15 is 0 Å². The lowest BCUT2D eigenvalue weighted by atomic mass is 10.1. The second kappa shape index (κ2) is 10.7. The van der Waals surface area contributed by atoms with Crippen LogP contribution in [-0.2, 0) is 6.54 Å². The monoisotopic (exact) mass is 538 g/mol. The summed E-state index contributed by atoms with van der Waals surface area (Å²) >= 11 is 0. The van der Waals surface area contributed by atoms with Crippen molar-refractivity contribution in [2.24, 2.45) is 4.99 Å². The molecule has 0 spiro atoms. The second-order valence-corrected chi connectivity index (χ2v) is 7.30. The molecule has 0 unspecified atom stereocenters. The Balaban J connectivity index is 0.00000272. The minimum atomic E-state index is -0.239. The van der Waals surface area contributed by atoms with Gasteiger partial charge in [0.1, 0.15) is 6.26 Å². The highest BCUT2D eigenvalue weighted by Crippen LogP contribution is 2.21. The molecule has 166 valence electrons. The molecule has 0 atom stereocenters. The number of nitrogens with one attached hydrogen (secondary N) is 1. The van der Waals surface area contributed by atoms with Gasteiger partial charge < -0.3 is 14.7 Å². The Morgan fingerprint density at radius 1 is 1.10 bits per heavy atom. The maximum absolute atomic E-state index is 12.5.